The first-order valence-electron chi connectivity index (χ1n) is 3.27. The van der Waals surface area contributed by atoms with Crippen molar-refractivity contribution in [2.75, 3.05) is 6.54 Å². The Bertz CT molecular complexity index is 93.6. The zero-order valence-electron chi connectivity index (χ0n) is 6.64. The van der Waals surface area contributed by atoms with Crippen molar-refractivity contribution >= 4 is 0 Å². The minimum absolute atomic E-state index is 0.216. The van der Waals surface area contributed by atoms with Gasteiger partial charge in [-0.3, -0.25) is 0 Å². The number of hydrogen-bond donors (Lipinski definition) is 0. The number of nitrogens with zero attached hydrogens (tertiary/aromatic N) is 1. The van der Waals surface area contributed by atoms with Gasteiger partial charge in [-0.25, -0.2) is 0 Å². The van der Waals surface area contributed by atoms with Gasteiger partial charge in [-0.15, -0.1) is 0 Å². The standard InChI is InChI=1S/C7H15NO/c1-6(5-8-9)7(2,3)4/h6H,5H2,1-4H3. The molecule has 0 N–H and O–H groups in total. The van der Waals surface area contributed by atoms with Crippen LogP contribution in [0.25, 0.3) is 0 Å². The first-order chi connectivity index (χ1) is 3.98. The topological polar surface area (TPSA) is 29.4 Å². The lowest BCUT2D eigenvalue weighted by atomic mass is 9.82. The van der Waals surface area contributed by atoms with Crippen molar-refractivity contribution in [2.24, 2.45) is 16.5 Å². The second-order valence-electron chi connectivity index (χ2n) is 3.58. The highest BCUT2D eigenvalue weighted by Crippen LogP contribution is 2.24. The van der Waals surface area contributed by atoms with Gasteiger partial charge < -0.3 is 0 Å². The largest absolute Gasteiger partial charge is 0.151 e. The molecule has 0 aromatic carbocycles. The Morgan fingerprint density at radius 3 is 2.00 bits per heavy atom. The van der Waals surface area contributed by atoms with Gasteiger partial charge in [0.15, 0.2) is 0 Å². The third-order valence-electron chi connectivity index (χ3n) is 1.83. The van der Waals surface area contributed by atoms with E-state index in [1.54, 1.807) is 0 Å². The highest BCUT2D eigenvalue weighted by molar-refractivity contribution is 4.70. The Morgan fingerprint density at radius 1 is 1.44 bits per heavy atom. The minimum Gasteiger partial charge on any atom is -0.151 e. The highest BCUT2D eigenvalue weighted by atomic mass is 16.3. The van der Waals surface area contributed by atoms with Crippen molar-refractivity contribution in [3.8, 4) is 0 Å². The molecule has 2 nitrogen and oxygen atoms in total. The molecule has 0 aromatic heterocycles. The van der Waals surface area contributed by atoms with Gasteiger partial charge in [0, 0.05) is 0 Å². The summed E-state index contributed by atoms with van der Waals surface area (Å²) in [7, 11) is 0. The zero-order valence-corrected chi connectivity index (χ0v) is 6.64. The second kappa shape index (κ2) is 2.95. The van der Waals surface area contributed by atoms with Gasteiger partial charge in [0.1, 0.15) is 0 Å². The molecular formula is C7H15NO. The zero-order chi connectivity index (χ0) is 7.49. The third-order valence-corrected chi connectivity index (χ3v) is 1.83. The monoisotopic (exact) mass is 129 g/mol. The Hall–Kier alpha value is -0.400. The molecule has 1 unspecified atom stereocenters. The first-order valence-corrected chi connectivity index (χ1v) is 3.27. The molecule has 2 heteroatoms. The molecular weight excluding hydrogens is 114 g/mol. The molecule has 0 spiro atoms. The van der Waals surface area contributed by atoms with Gasteiger partial charge in [0.25, 0.3) is 0 Å². The van der Waals surface area contributed by atoms with Gasteiger partial charge >= 0.3 is 0 Å². The van der Waals surface area contributed by atoms with Crippen molar-refractivity contribution in [1.29, 1.82) is 0 Å². The van der Waals surface area contributed by atoms with E-state index in [0.29, 0.717) is 12.5 Å². The maximum absolute atomic E-state index is 9.81. The smallest absolute Gasteiger partial charge is 0.0841 e. The molecule has 0 amide bonds. The number of nitroso groups, excluding NO2 is 1. The van der Waals surface area contributed by atoms with Crippen LogP contribution in [-0.2, 0) is 0 Å². The average Bonchev–Trinajstić information content (AvgIpc) is 1.64. The SMILES string of the molecule is CC(CN=O)C(C)(C)C. The first kappa shape index (κ1) is 8.60. The molecule has 0 heterocycles. The molecule has 0 fully saturated rings. The summed E-state index contributed by atoms with van der Waals surface area (Å²) < 4.78 is 0. The summed E-state index contributed by atoms with van der Waals surface area (Å²) in [6.07, 6.45) is 0. The Balaban J connectivity index is 3.72. The normalized spacial score (nSPS) is 15.1. The van der Waals surface area contributed by atoms with Crippen LogP contribution in [0.1, 0.15) is 27.7 Å². The Morgan fingerprint density at radius 2 is 1.89 bits per heavy atom. The molecule has 0 radical (unpaired) electrons. The van der Waals surface area contributed by atoms with E-state index in [9.17, 15) is 4.91 Å². The van der Waals surface area contributed by atoms with Gasteiger partial charge in [-0.05, 0) is 11.3 Å². The lowest BCUT2D eigenvalue weighted by Gasteiger charge is -2.24. The minimum atomic E-state index is 0.216. The van der Waals surface area contributed by atoms with Gasteiger partial charge in [0.2, 0.25) is 0 Å². The lowest BCUT2D eigenvalue weighted by Crippen LogP contribution is -2.19. The van der Waals surface area contributed by atoms with Crippen LogP contribution < -0.4 is 0 Å². The van der Waals surface area contributed by atoms with Crippen molar-refractivity contribution in [1.82, 2.24) is 0 Å². The van der Waals surface area contributed by atoms with Crippen LogP contribution in [0.5, 0.6) is 0 Å². The summed E-state index contributed by atoms with van der Waals surface area (Å²) >= 11 is 0. The molecule has 9 heavy (non-hydrogen) atoms. The molecule has 0 bridgehead atoms. The van der Waals surface area contributed by atoms with Crippen LogP contribution in [-0.4, -0.2) is 6.54 Å². The fraction of sp³-hybridized carbons (Fsp3) is 1.00. The summed E-state index contributed by atoms with van der Waals surface area (Å²) in [5.41, 5.74) is 0.216. The summed E-state index contributed by atoms with van der Waals surface area (Å²) in [6, 6.07) is 0. The van der Waals surface area contributed by atoms with Crippen molar-refractivity contribution < 1.29 is 0 Å². The summed E-state index contributed by atoms with van der Waals surface area (Å²) in [5.74, 6) is 0.384. The maximum Gasteiger partial charge on any atom is 0.0841 e. The summed E-state index contributed by atoms with van der Waals surface area (Å²) in [6.45, 7) is 8.82. The van der Waals surface area contributed by atoms with Crippen molar-refractivity contribution in [2.45, 2.75) is 27.7 Å². The second-order valence-corrected chi connectivity index (χ2v) is 3.58. The predicted octanol–water partition coefficient (Wildman–Crippen LogP) is 2.44. The molecule has 0 saturated heterocycles. The van der Waals surface area contributed by atoms with Crippen LogP contribution >= 0.6 is 0 Å². The van der Waals surface area contributed by atoms with Crippen molar-refractivity contribution in [3.63, 3.8) is 0 Å². The molecule has 54 valence electrons. The molecule has 0 aliphatic carbocycles. The molecule has 0 aromatic rings. The van der Waals surface area contributed by atoms with Crippen LogP contribution in [0.2, 0.25) is 0 Å². The summed E-state index contributed by atoms with van der Waals surface area (Å²) in [4.78, 5) is 9.81. The number of hydrogen-bond acceptors (Lipinski definition) is 2. The highest BCUT2D eigenvalue weighted by Gasteiger charge is 2.19. The fourth-order valence-electron chi connectivity index (χ4n) is 0.386. The van der Waals surface area contributed by atoms with E-state index in [4.69, 9.17) is 0 Å². The van der Waals surface area contributed by atoms with E-state index < -0.39 is 0 Å². The quantitative estimate of drug-likeness (QED) is 0.526. The Labute approximate surface area is 56.6 Å². The van der Waals surface area contributed by atoms with Crippen LogP contribution in [0.3, 0.4) is 0 Å². The van der Waals surface area contributed by atoms with E-state index in [0.717, 1.165) is 0 Å². The third kappa shape index (κ3) is 3.22. The van der Waals surface area contributed by atoms with Crippen LogP contribution in [0, 0.1) is 16.2 Å². The van der Waals surface area contributed by atoms with E-state index in [1.807, 2.05) is 6.92 Å². The molecule has 0 aliphatic rings. The van der Waals surface area contributed by atoms with Crippen molar-refractivity contribution in [3.05, 3.63) is 4.91 Å². The van der Waals surface area contributed by atoms with Crippen LogP contribution in [0.4, 0.5) is 0 Å². The van der Waals surface area contributed by atoms with Gasteiger partial charge in [0.05, 0.1) is 6.54 Å². The molecule has 0 saturated carbocycles. The average molecular weight is 129 g/mol. The van der Waals surface area contributed by atoms with Gasteiger partial charge in [-0.2, -0.15) is 4.91 Å². The van der Waals surface area contributed by atoms with Crippen LogP contribution in [0.15, 0.2) is 5.18 Å². The van der Waals surface area contributed by atoms with E-state index in [1.165, 1.54) is 0 Å². The molecule has 0 rings (SSSR count). The van der Waals surface area contributed by atoms with E-state index in [-0.39, 0.29) is 5.41 Å². The molecule has 1 atom stereocenters. The predicted molar refractivity (Wildman–Crippen MR) is 39.3 cm³/mol. The number of rotatable bonds is 2. The van der Waals surface area contributed by atoms with E-state index in [2.05, 4.69) is 25.9 Å². The van der Waals surface area contributed by atoms with Gasteiger partial charge in [-0.1, -0.05) is 32.9 Å². The lowest BCUT2D eigenvalue weighted by molar-refractivity contribution is 0.269. The summed E-state index contributed by atoms with van der Waals surface area (Å²) in [5, 5.41) is 2.85. The van der Waals surface area contributed by atoms with E-state index >= 15 is 0 Å². The molecule has 0 aliphatic heterocycles. The fourth-order valence-corrected chi connectivity index (χ4v) is 0.386. The Kier molecular flexibility index (Phi) is 2.82. The maximum atomic E-state index is 9.81.